The standard InChI is InChI=1S/C8H15N3O.ClH/c1-11-5-3-8(10-11)7-9-4-6-12-2;/h3,5,9H,4,6-7H2,1-2H3;1H. The van der Waals surface area contributed by atoms with E-state index in [0.717, 1.165) is 25.4 Å². The molecule has 0 radical (unpaired) electrons. The maximum absolute atomic E-state index is 4.90. The third kappa shape index (κ3) is 4.87. The number of aryl methyl sites for hydroxylation is 1. The van der Waals surface area contributed by atoms with Crippen LogP contribution in [0.15, 0.2) is 12.3 Å². The van der Waals surface area contributed by atoms with Crippen LogP contribution in [0.25, 0.3) is 0 Å². The van der Waals surface area contributed by atoms with E-state index in [9.17, 15) is 0 Å². The summed E-state index contributed by atoms with van der Waals surface area (Å²) in [7, 11) is 3.61. The van der Waals surface area contributed by atoms with E-state index in [1.54, 1.807) is 11.8 Å². The number of nitrogens with one attached hydrogen (secondary N) is 1. The Morgan fingerprint density at radius 2 is 2.38 bits per heavy atom. The van der Waals surface area contributed by atoms with Gasteiger partial charge in [-0.05, 0) is 6.07 Å². The Balaban J connectivity index is 0.00000144. The van der Waals surface area contributed by atoms with Crippen molar-refractivity contribution in [1.82, 2.24) is 15.1 Å². The summed E-state index contributed by atoms with van der Waals surface area (Å²) in [4.78, 5) is 0. The minimum Gasteiger partial charge on any atom is -0.383 e. The SMILES string of the molecule is COCCNCc1ccn(C)n1.Cl. The lowest BCUT2D eigenvalue weighted by Crippen LogP contribution is -2.18. The minimum absolute atomic E-state index is 0. The first-order chi connectivity index (χ1) is 5.83. The van der Waals surface area contributed by atoms with Gasteiger partial charge in [0.15, 0.2) is 0 Å². The van der Waals surface area contributed by atoms with E-state index < -0.39 is 0 Å². The molecule has 5 heteroatoms. The Kier molecular flexibility index (Phi) is 6.58. The highest BCUT2D eigenvalue weighted by Gasteiger charge is 1.94. The molecule has 1 aromatic heterocycles. The highest BCUT2D eigenvalue weighted by atomic mass is 35.5. The Morgan fingerprint density at radius 1 is 1.62 bits per heavy atom. The fraction of sp³-hybridized carbons (Fsp3) is 0.625. The first-order valence-corrected chi connectivity index (χ1v) is 4.01. The average molecular weight is 206 g/mol. The van der Waals surface area contributed by atoms with Crippen LogP contribution in [0.4, 0.5) is 0 Å². The molecule has 0 spiro atoms. The van der Waals surface area contributed by atoms with Gasteiger partial charge in [0.1, 0.15) is 0 Å². The fourth-order valence-corrected chi connectivity index (χ4v) is 0.948. The molecule has 1 aromatic rings. The van der Waals surface area contributed by atoms with Crippen molar-refractivity contribution < 1.29 is 4.74 Å². The second kappa shape index (κ2) is 6.88. The van der Waals surface area contributed by atoms with Crippen LogP contribution in [0, 0.1) is 0 Å². The zero-order chi connectivity index (χ0) is 8.81. The lowest BCUT2D eigenvalue weighted by atomic mass is 10.4. The molecule has 0 aliphatic heterocycles. The molecule has 1 heterocycles. The summed E-state index contributed by atoms with van der Waals surface area (Å²) in [5.41, 5.74) is 1.06. The maximum atomic E-state index is 4.90. The number of hydrogen-bond donors (Lipinski definition) is 1. The second-order valence-corrected chi connectivity index (χ2v) is 2.65. The highest BCUT2D eigenvalue weighted by Crippen LogP contribution is 1.91. The molecule has 0 amide bonds. The average Bonchev–Trinajstić information content (AvgIpc) is 2.45. The predicted octanol–water partition coefficient (Wildman–Crippen LogP) is 0.578. The number of rotatable bonds is 5. The molecule has 1 rings (SSSR count). The van der Waals surface area contributed by atoms with Crippen LogP contribution in [0.2, 0.25) is 0 Å². The molecule has 0 aliphatic rings. The van der Waals surface area contributed by atoms with E-state index in [0.29, 0.717) is 0 Å². The van der Waals surface area contributed by atoms with Crippen LogP contribution in [-0.2, 0) is 18.3 Å². The van der Waals surface area contributed by atoms with Gasteiger partial charge in [-0.25, -0.2) is 0 Å². The zero-order valence-electron chi connectivity index (χ0n) is 7.99. The quantitative estimate of drug-likeness (QED) is 0.715. The van der Waals surface area contributed by atoms with E-state index in [1.165, 1.54) is 0 Å². The molecule has 0 aromatic carbocycles. The second-order valence-electron chi connectivity index (χ2n) is 2.65. The minimum atomic E-state index is 0. The largest absolute Gasteiger partial charge is 0.383 e. The van der Waals surface area contributed by atoms with Crippen LogP contribution in [0.5, 0.6) is 0 Å². The van der Waals surface area contributed by atoms with E-state index in [1.807, 2.05) is 19.3 Å². The third-order valence-electron chi connectivity index (χ3n) is 1.56. The van der Waals surface area contributed by atoms with Gasteiger partial charge in [0.25, 0.3) is 0 Å². The van der Waals surface area contributed by atoms with Crippen LogP contribution in [0.1, 0.15) is 5.69 Å². The van der Waals surface area contributed by atoms with Gasteiger partial charge in [-0.3, -0.25) is 4.68 Å². The van der Waals surface area contributed by atoms with E-state index in [-0.39, 0.29) is 12.4 Å². The van der Waals surface area contributed by atoms with Crippen molar-refractivity contribution in [2.24, 2.45) is 7.05 Å². The van der Waals surface area contributed by atoms with Crippen LogP contribution >= 0.6 is 12.4 Å². The molecule has 1 N–H and O–H groups in total. The molecule has 0 fully saturated rings. The summed E-state index contributed by atoms with van der Waals surface area (Å²) in [5, 5.41) is 7.44. The van der Waals surface area contributed by atoms with Gasteiger partial charge in [-0.2, -0.15) is 5.10 Å². The fourth-order valence-electron chi connectivity index (χ4n) is 0.948. The Hall–Kier alpha value is -0.580. The third-order valence-corrected chi connectivity index (χ3v) is 1.56. The zero-order valence-corrected chi connectivity index (χ0v) is 8.80. The predicted molar refractivity (Wildman–Crippen MR) is 54.0 cm³/mol. The van der Waals surface area contributed by atoms with Crippen molar-refractivity contribution in [2.45, 2.75) is 6.54 Å². The summed E-state index contributed by atoms with van der Waals surface area (Å²) >= 11 is 0. The normalized spacial score (nSPS) is 9.69. The van der Waals surface area contributed by atoms with Gasteiger partial charge in [0.2, 0.25) is 0 Å². The van der Waals surface area contributed by atoms with Crippen molar-refractivity contribution in [2.75, 3.05) is 20.3 Å². The first kappa shape index (κ1) is 12.4. The highest BCUT2D eigenvalue weighted by molar-refractivity contribution is 5.85. The van der Waals surface area contributed by atoms with Crippen molar-refractivity contribution in [3.05, 3.63) is 18.0 Å². The molecule has 0 aliphatic carbocycles. The Bertz CT molecular complexity index is 227. The van der Waals surface area contributed by atoms with Crippen molar-refractivity contribution in [3.8, 4) is 0 Å². The van der Waals surface area contributed by atoms with Gasteiger partial charge in [-0.15, -0.1) is 12.4 Å². The molecular formula is C8H16ClN3O. The molecule has 0 bridgehead atoms. The number of hydrogen-bond acceptors (Lipinski definition) is 3. The summed E-state index contributed by atoms with van der Waals surface area (Å²) < 4.78 is 6.70. The maximum Gasteiger partial charge on any atom is 0.0762 e. The number of ether oxygens (including phenoxy) is 1. The van der Waals surface area contributed by atoms with Crippen LogP contribution in [0.3, 0.4) is 0 Å². The molecule has 4 nitrogen and oxygen atoms in total. The lowest BCUT2D eigenvalue weighted by molar-refractivity contribution is 0.199. The summed E-state index contributed by atoms with van der Waals surface area (Å²) in [6, 6.07) is 2.00. The summed E-state index contributed by atoms with van der Waals surface area (Å²) in [6.45, 7) is 2.42. The first-order valence-electron chi connectivity index (χ1n) is 4.01. The van der Waals surface area contributed by atoms with E-state index >= 15 is 0 Å². The number of aromatic nitrogens is 2. The van der Waals surface area contributed by atoms with Gasteiger partial charge >= 0.3 is 0 Å². The topological polar surface area (TPSA) is 39.1 Å². The van der Waals surface area contributed by atoms with Crippen LogP contribution < -0.4 is 5.32 Å². The van der Waals surface area contributed by atoms with Crippen molar-refractivity contribution in [1.29, 1.82) is 0 Å². The smallest absolute Gasteiger partial charge is 0.0762 e. The summed E-state index contributed by atoms with van der Waals surface area (Å²) in [6.07, 6.45) is 1.94. The monoisotopic (exact) mass is 205 g/mol. The van der Waals surface area contributed by atoms with Gasteiger partial charge in [0, 0.05) is 33.4 Å². The molecular weight excluding hydrogens is 190 g/mol. The molecule has 0 saturated carbocycles. The summed E-state index contributed by atoms with van der Waals surface area (Å²) in [5.74, 6) is 0. The molecule has 76 valence electrons. The van der Waals surface area contributed by atoms with Gasteiger partial charge < -0.3 is 10.1 Å². The number of halogens is 1. The molecule has 0 saturated heterocycles. The molecule has 0 unspecified atom stereocenters. The number of methoxy groups -OCH3 is 1. The molecule has 0 atom stereocenters. The van der Waals surface area contributed by atoms with E-state index in [4.69, 9.17) is 4.74 Å². The van der Waals surface area contributed by atoms with Crippen molar-refractivity contribution in [3.63, 3.8) is 0 Å². The lowest BCUT2D eigenvalue weighted by Gasteiger charge is -2.00. The van der Waals surface area contributed by atoms with Crippen LogP contribution in [-0.4, -0.2) is 30.0 Å². The van der Waals surface area contributed by atoms with Crippen molar-refractivity contribution >= 4 is 12.4 Å². The van der Waals surface area contributed by atoms with Gasteiger partial charge in [0.05, 0.1) is 12.3 Å². The Labute approximate surface area is 84.7 Å². The van der Waals surface area contributed by atoms with E-state index in [2.05, 4.69) is 10.4 Å². The Morgan fingerprint density at radius 3 is 2.92 bits per heavy atom. The molecule has 13 heavy (non-hydrogen) atoms. The van der Waals surface area contributed by atoms with Gasteiger partial charge in [-0.1, -0.05) is 0 Å². The number of nitrogens with zero attached hydrogens (tertiary/aromatic N) is 2.